The van der Waals surface area contributed by atoms with Crippen LogP contribution < -0.4 is 4.74 Å². The van der Waals surface area contributed by atoms with Crippen LogP contribution in [0.3, 0.4) is 0 Å². The Morgan fingerprint density at radius 3 is 2.43 bits per heavy atom. The maximum absolute atomic E-state index is 12.2. The third-order valence-electron chi connectivity index (χ3n) is 3.83. The molecule has 0 radical (unpaired) electrons. The summed E-state index contributed by atoms with van der Waals surface area (Å²) in [5, 5.41) is 10.8. The van der Waals surface area contributed by atoms with Crippen molar-refractivity contribution in [2.24, 2.45) is 4.99 Å². The lowest BCUT2D eigenvalue weighted by Crippen LogP contribution is -2.13. The number of esters is 2. The molecular weight excluding hydrogens is 622 g/mol. The highest BCUT2D eigenvalue weighted by Crippen LogP contribution is 2.30. The summed E-state index contributed by atoms with van der Waals surface area (Å²) in [5.41, 5.74) is 1.17. The van der Waals surface area contributed by atoms with E-state index in [2.05, 4.69) is 54.9 Å². The lowest BCUT2D eigenvalue weighted by Gasteiger charge is -2.10. The van der Waals surface area contributed by atoms with Crippen LogP contribution in [0.4, 0.5) is 5.69 Å². The number of aliphatic imine (C=N–C) groups is 1. The predicted octanol–water partition coefficient (Wildman–Crippen LogP) is 3.70. The molecule has 0 aliphatic carbocycles. The van der Waals surface area contributed by atoms with E-state index in [0.29, 0.717) is 16.9 Å². The summed E-state index contributed by atoms with van der Waals surface area (Å²) in [5.74, 6) is -0.509. The van der Waals surface area contributed by atoms with Crippen molar-refractivity contribution in [2.75, 3.05) is 13.7 Å². The topological polar surface area (TPSA) is 117 Å². The van der Waals surface area contributed by atoms with Crippen LogP contribution in [0, 0.1) is 17.3 Å². The van der Waals surface area contributed by atoms with Crippen molar-refractivity contribution in [3.05, 3.63) is 70.5 Å². The molecule has 0 saturated heterocycles. The average Bonchev–Trinajstić information content (AvgIpc) is 3.07. The molecule has 2 aromatic rings. The zero-order chi connectivity index (χ0) is 21.8. The van der Waals surface area contributed by atoms with Gasteiger partial charge in [0.1, 0.15) is 5.75 Å². The van der Waals surface area contributed by atoms with Gasteiger partial charge in [0.05, 0.1) is 19.2 Å². The molecule has 0 saturated carbocycles. The van der Waals surface area contributed by atoms with E-state index in [1.165, 1.54) is 31.4 Å². The Labute approximate surface area is 197 Å². The number of cyclic esters (lactones) is 1. The number of hydrogen-bond acceptors (Lipinski definition) is 8. The monoisotopic (exact) mass is 634 g/mol. The Morgan fingerprint density at radius 1 is 1.23 bits per heavy atom. The summed E-state index contributed by atoms with van der Waals surface area (Å²) in [7, 11) is 1.28. The molecule has 1 heterocycles. The number of rotatable bonds is 6. The van der Waals surface area contributed by atoms with Crippen molar-refractivity contribution in [2.45, 2.75) is 0 Å². The van der Waals surface area contributed by atoms with Crippen LogP contribution in [0.1, 0.15) is 11.1 Å². The minimum atomic E-state index is -0.626. The van der Waals surface area contributed by atoms with E-state index >= 15 is 0 Å². The van der Waals surface area contributed by atoms with Gasteiger partial charge in [-0.3, -0.25) is 10.1 Å². The van der Waals surface area contributed by atoms with Crippen molar-refractivity contribution in [3.63, 3.8) is 0 Å². The fourth-order valence-electron chi connectivity index (χ4n) is 2.41. The maximum atomic E-state index is 12.2. The number of carbonyl (C=O) groups is 2. The largest absolute Gasteiger partial charge is 0.480 e. The highest BCUT2D eigenvalue weighted by Gasteiger charge is 2.25. The molecule has 0 spiro atoms. The highest BCUT2D eigenvalue weighted by molar-refractivity contribution is 14.1. The zero-order valence-corrected chi connectivity index (χ0v) is 19.6. The van der Waals surface area contributed by atoms with Gasteiger partial charge in [0.2, 0.25) is 5.90 Å². The summed E-state index contributed by atoms with van der Waals surface area (Å²) in [6, 6.07) is 9.10. The minimum Gasteiger partial charge on any atom is -0.480 e. The summed E-state index contributed by atoms with van der Waals surface area (Å²) in [4.78, 5) is 37.9. The molecule has 2 aromatic carbocycles. The molecule has 0 atom stereocenters. The molecule has 154 valence electrons. The number of halogens is 2. The molecule has 11 heteroatoms. The smallest absolute Gasteiger partial charge is 0.363 e. The molecule has 0 N–H and O–H groups in total. The number of nitro groups is 1. The van der Waals surface area contributed by atoms with Crippen molar-refractivity contribution in [1.82, 2.24) is 0 Å². The van der Waals surface area contributed by atoms with Gasteiger partial charge in [0.15, 0.2) is 12.3 Å². The third kappa shape index (κ3) is 5.13. The summed E-state index contributed by atoms with van der Waals surface area (Å²) >= 11 is 4.13. The number of hydrogen-bond donors (Lipinski definition) is 0. The molecule has 0 bridgehead atoms. The molecule has 30 heavy (non-hydrogen) atoms. The molecule has 1 aliphatic rings. The lowest BCUT2D eigenvalue weighted by molar-refractivity contribution is -0.384. The molecule has 0 fully saturated rings. The number of carbonyl (C=O) groups excluding carboxylic acids is 2. The van der Waals surface area contributed by atoms with E-state index in [4.69, 9.17) is 9.47 Å². The van der Waals surface area contributed by atoms with Crippen molar-refractivity contribution >= 4 is 74.8 Å². The first-order chi connectivity index (χ1) is 14.3. The highest BCUT2D eigenvalue weighted by atomic mass is 127. The maximum Gasteiger partial charge on any atom is 0.363 e. The SMILES string of the molecule is COC(=O)COc1c(I)cc(/C=C2\N=C(c3ccc([N+](=O)[O-])cc3)OC2=O)cc1I. The fourth-order valence-corrected chi connectivity index (χ4v) is 4.53. The Kier molecular flexibility index (Phi) is 7.02. The second kappa shape index (κ2) is 9.51. The third-order valence-corrected chi connectivity index (χ3v) is 5.43. The van der Waals surface area contributed by atoms with Crippen LogP contribution in [-0.2, 0) is 19.1 Å². The number of methoxy groups -OCH3 is 1. The van der Waals surface area contributed by atoms with Gasteiger partial charge in [-0.2, -0.15) is 0 Å². The van der Waals surface area contributed by atoms with Crippen LogP contribution in [0.25, 0.3) is 6.08 Å². The summed E-state index contributed by atoms with van der Waals surface area (Å²) < 4.78 is 16.7. The van der Waals surface area contributed by atoms with Crippen LogP contribution in [0.15, 0.2) is 47.1 Å². The van der Waals surface area contributed by atoms with E-state index in [1.807, 2.05) is 0 Å². The predicted molar refractivity (Wildman–Crippen MR) is 123 cm³/mol. The van der Waals surface area contributed by atoms with Crippen LogP contribution in [-0.4, -0.2) is 36.5 Å². The molecule has 0 amide bonds. The average molecular weight is 634 g/mol. The fraction of sp³-hybridized carbons (Fsp3) is 0.105. The van der Waals surface area contributed by atoms with Gasteiger partial charge in [0.25, 0.3) is 5.69 Å². The number of ether oxygens (including phenoxy) is 3. The quantitative estimate of drug-likeness (QED) is 0.157. The van der Waals surface area contributed by atoms with Gasteiger partial charge in [0, 0.05) is 17.7 Å². The molecular formula is C19H12I2N2O7. The van der Waals surface area contributed by atoms with Crippen molar-refractivity contribution in [1.29, 1.82) is 0 Å². The lowest BCUT2D eigenvalue weighted by atomic mass is 10.2. The first-order valence-electron chi connectivity index (χ1n) is 8.24. The Balaban J connectivity index is 1.84. The first-order valence-corrected chi connectivity index (χ1v) is 10.4. The van der Waals surface area contributed by atoms with Crippen LogP contribution >= 0.6 is 45.2 Å². The second-order valence-corrected chi connectivity index (χ2v) is 8.14. The van der Waals surface area contributed by atoms with E-state index in [1.54, 1.807) is 18.2 Å². The van der Waals surface area contributed by atoms with Gasteiger partial charge in [-0.05, 0) is 81.1 Å². The molecule has 3 rings (SSSR count). The Hall–Kier alpha value is -2.55. The second-order valence-electron chi connectivity index (χ2n) is 5.82. The number of nitrogens with zero attached hydrogens (tertiary/aromatic N) is 2. The Bertz CT molecular complexity index is 1070. The molecule has 9 nitrogen and oxygen atoms in total. The van der Waals surface area contributed by atoms with Crippen LogP contribution in [0.5, 0.6) is 5.75 Å². The van der Waals surface area contributed by atoms with Crippen molar-refractivity contribution < 1.29 is 28.7 Å². The molecule has 0 unspecified atom stereocenters. The summed E-state index contributed by atoms with van der Waals surface area (Å²) in [6.45, 7) is -0.210. The van der Waals surface area contributed by atoms with Gasteiger partial charge in [-0.25, -0.2) is 14.6 Å². The minimum absolute atomic E-state index is 0.0712. The summed E-state index contributed by atoms with van der Waals surface area (Å²) in [6.07, 6.45) is 1.56. The molecule has 0 aromatic heterocycles. The Morgan fingerprint density at radius 2 is 1.87 bits per heavy atom. The number of non-ortho nitro benzene ring substituents is 1. The standard InChI is InChI=1S/C19H12I2N2O7/c1-28-16(24)9-29-17-13(20)6-10(7-14(17)21)8-15-19(25)30-18(22-15)11-2-4-12(5-3-11)23(26)27/h2-8H,9H2,1H3/b15-8-. The van der Waals surface area contributed by atoms with Gasteiger partial charge in [-0.1, -0.05) is 0 Å². The van der Waals surface area contributed by atoms with Gasteiger partial charge >= 0.3 is 11.9 Å². The zero-order valence-electron chi connectivity index (χ0n) is 15.3. The van der Waals surface area contributed by atoms with E-state index in [9.17, 15) is 19.7 Å². The number of benzene rings is 2. The van der Waals surface area contributed by atoms with E-state index < -0.39 is 16.9 Å². The van der Waals surface area contributed by atoms with E-state index in [0.717, 1.165) is 7.14 Å². The number of nitro benzene ring substituents is 1. The van der Waals surface area contributed by atoms with Crippen LogP contribution in [0.2, 0.25) is 0 Å². The van der Waals surface area contributed by atoms with Gasteiger partial charge < -0.3 is 14.2 Å². The first kappa shape index (κ1) is 22.1. The van der Waals surface area contributed by atoms with Gasteiger partial charge in [-0.15, -0.1) is 0 Å². The molecule has 1 aliphatic heterocycles. The van der Waals surface area contributed by atoms with E-state index in [-0.39, 0.29) is 23.9 Å². The van der Waals surface area contributed by atoms with Crippen molar-refractivity contribution in [3.8, 4) is 5.75 Å². The normalized spacial score (nSPS) is 14.3.